The van der Waals surface area contributed by atoms with Crippen molar-refractivity contribution in [2.24, 2.45) is 0 Å². The van der Waals surface area contributed by atoms with Crippen molar-refractivity contribution >= 4 is 35.2 Å². The van der Waals surface area contributed by atoms with Crippen molar-refractivity contribution in [3.05, 3.63) is 108 Å². The second-order valence-corrected chi connectivity index (χ2v) is 10.4. The Morgan fingerprint density at radius 2 is 1.62 bits per heavy atom. The number of carbonyl (C=O) groups is 3. The SMILES string of the molecule is Cc1ccc(NC(=O)c2ccc(CN3CCN(C)CC3)cc2)cc1Nc1nccc(-c2cccnc2)n1.O=C(O)C=CC(=O)O. The topological polar surface area (TPSA) is 161 Å². The van der Waals surface area contributed by atoms with E-state index in [2.05, 4.69) is 42.4 Å². The fourth-order valence-electron chi connectivity index (χ4n) is 4.42. The van der Waals surface area contributed by atoms with E-state index in [-0.39, 0.29) is 5.91 Å². The molecule has 0 saturated carbocycles. The number of carboxylic acid groups (broad SMARTS) is 2. The number of rotatable bonds is 9. The summed E-state index contributed by atoms with van der Waals surface area (Å²) >= 11 is 0. The maximum absolute atomic E-state index is 12.9. The van der Waals surface area contributed by atoms with Crippen LogP contribution < -0.4 is 10.6 Å². The van der Waals surface area contributed by atoms with Crippen LogP contribution in [-0.4, -0.2) is 86.0 Å². The number of pyridine rings is 1. The largest absolute Gasteiger partial charge is 0.478 e. The summed E-state index contributed by atoms with van der Waals surface area (Å²) in [5.74, 6) is -2.18. The number of aromatic nitrogens is 3. The second-order valence-electron chi connectivity index (χ2n) is 10.4. The smallest absolute Gasteiger partial charge is 0.328 e. The molecule has 1 saturated heterocycles. The van der Waals surface area contributed by atoms with E-state index in [9.17, 15) is 14.4 Å². The van der Waals surface area contributed by atoms with Gasteiger partial charge in [-0.1, -0.05) is 18.2 Å². The van der Waals surface area contributed by atoms with Gasteiger partial charge in [-0.2, -0.15) is 0 Å². The van der Waals surface area contributed by atoms with Crippen molar-refractivity contribution in [2.75, 3.05) is 43.9 Å². The lowest BCUT2D eigenvalue weighted by molar-refractivity contribution is -0.134. The molecular formula is C33H35N7O5. The predicted molar refractivity (Wildman–Crippen MR) is 171 cm³/mol. The third-order valence-electron chi connectivity index (χ3n) is 6.94. The van der Waals surface area contributed by atoms with Crippen LogP contribution in [-0.2, 0) is 16.1 Å². The van der Waals surface area contributed by atoms with Gasteiger partial charge in [-0.05, 0) is 67.6 Å². The minimum Gasteiger partial charge on any atom is -0.478 e. The molecule has 45 heavy (non-hydrogen) atoms. The molecule has 0 spiro atoms. The molecule has 0 unspecified atom stereocenters. The summed E-state index contributed by atoms with van der Waals surface area (Å²) in [5.41, 5.74) is 6.08. The number of aryl methyl sites for hydroxylation is 1. The summed E-state index contributed by atoms with van der Waals surface area (Å²) in [6, 6.07) is 19.3. The van der Waals surface area contributed by atoms with Gasteiger partial charge in [0, 0.05) is 86.0 Å². The van der Waals surface area contributed by atoms with Gasteiger partial charge in [0.05, 0.1) is 5.69 Å². The van der Waals surface area contributed by atoms with Gasteiger partial charge < -0.3 is 25.7 Å². The van der Waals surface area contributed by atoms with Crippen molar-refractivity contribution in [1.29, 1.82) is 0 Å². The first kappa shape index (κ1) is 32.5. The van der Waals surface area contributed by atoms with Crippen molar-refractivity contribution in [3.63, 3.8) is 0 Å². The summed E-state index contributed by atoms with van der Waals surface area (Å²) < 4.78 is 0. The van der Waals surface area contributed by atoms with Crippen LogP contribution in [0.2, 0.25) is 0 Å². The van der Waals surface area contributed by atoms with Crippen LogP contribution in [0, 0.1) is 6.92 Å². The molecule has 0 atom stereocenters. The van der Waals surface area contributed by atoms with E-state index < -0.39 is 11.9 Å². The molecule has 1 fully saturated rings. The Morgan fingerprint density at radius 1 is 0.911 bits per heavy atom. The van der Waals surface area contributed by atoms with Crippen LogP contribution in [0.25, 0.3) is 11.3 Å². The Hall–Kier alpha value is -5.46. The molecule has 12 nitrogen and oxygen atoms in total. The Kier molecular flexibility index (Phi) is 11.4. The van der Waals surface area contributed by atoms with Crippen molar-refractivity contribution in [3.8, 4) is 11.3 Å². The maximum atomic E-state index is 12.9. The number of carbonyl (C=O) groups excluding carboxylic acids is 1. The fourth-order valence-corrected chi connectivity index (χ4v) is 4.42. The van der Waals surface area contributed by atoms with Crippen molar-refractivity contribution in [2.45, 2.75) is 13.5 Å². The average Bonchev–Trinajstić information content (AvgIpc) is 3.04. The van der Waals surface area contributed by atoms with E-state index in [1.54, 1.807) is 18.6 Å². The van der Waals surface area contributed by atoms with E-state index in [0.29, 0.717) is 29.4 Å². The highest BCUT2D eigenvalue weighted by Gasteiger charge is 2.14. The zero-order chi connectivity index (χ0) is 32.2. The van der Waals surface area contributed by atoms with Crippen LogP contribution in [0.5, 0.6) is 0 Å². The number of carboxylic acids is 2. The predicted octanol–water partition coefficient (Wildman–Crippen LogP) is 4.30. The molecule has 3 heterocycles. The van der Waals surface area contributed by atoms with Crippen LogP contribution in [0.4, 0.5) is 17.3 Å². The minimum atomic E-state index is -1.26. The van der Waals surface area contributed by atoms with Gasteiger partial charge in [-0.25, -0.2) is 19.6 Å². The Labute approximate surface area is 261 Å². The van der Waals surface area contributed by atoms with E-state index in [4.69, 9.17) is 10.2 Å². The number of hydrogen-bond donors (Lipinski definition) is 4. The molecular weight excluding hydrogens is 574 g/mol. The molecule has 12 heteroatoms. The molecule has 4 aromatic rings. The molecule has 0 bridgehead atoms. The number of benzene rings is 2. The van der Waals surface area contributed by atoms with Gasteiger partial charge in [0.25, 0.3) is 5.91 Å². The molecule has 232 valence electrons. The quantitative estimate of drug-likeness (QED) is 0.200. The molecule has 1 amide bonds. The zero-order valence-electron chi connectivity index (χ0n) is 25.1. The fraction of sp³-hybridized carbons (Fsp3) is 0.212. The van der Waals surface area contributed by atoms with E-state index >= 15 is 0 Å². The number of likely N-dealkylation sites (N-methyl/N-ethyl adjacent to an activating group) is 1. The molecule has 2 aromatic heterocycles. The molecule has 0 radical (unpaired) electrons. The third-order valence-corrected chi connectivity index (χ3v) is 6.94. The molecule has 1 aliphatic heterocycles. The number of hydrogen-bond acceptors (Lipinski definition) is 9. The molecule has 5 rings (SSSR count). The minimum absolute atomic E-state index is 0.143. The van der Waals surface area contributed by atoms with E-state index in [0.717, 1.165) is 55.2 Å². The van der Waals surface area contributed by atoms with Crippen LogP contribution >= 0.6 is 0 Å². The lowest BCUT2D eigenvalue weighted by Gasteiger charge is -2.32. The highest BCUT2D eigenvalue weighted by atomic mass is 16.4. The number of piperazine rings is 1. The molecule has 1 aliphatic rings. The third kappa shape index (κ3) is 10.3. The highest BCUT2D eigenvalue weighted by molar-refractivity contribution is 6.04. The maximum Gasteiger partial charge on any atom is 0.328 e. The first-order chi connectivity index (χ1) is 21.7. The Morgan fingerprint density at radius 3 is 2.27 bits per heavy atom. The van der Waals surface area contributed by atoms with Gasteiger partial charge in [0.2, 0.25) is 5.95 Å². The van der Waals surface area contributed by atoms with Crippen LogP contribution in [0.1, 0.15) is 21.5 Å². The standard InChI is InChI=1S/C29H31N7O.C4H4O4/c1-21-5-10-25(18-27(21)34-29-31-13-11-26(33-29)24-4-3-12-30-19-24)32-28(37)23-8-6-22(7-9-23)20-36-16-14-35(2)15-17-36;5-3(6)1-2-4(7)8/h3-13,18-19H,14-17,20H2,1-2H3,(H,32,37)(H,31,33,34);1-2H,(H,5,6)(H,7,8). The lowest BCUT2D eigenvalue weighted by Crippen LogP contribution is -2.43. The van der Waals surface area contributed by atoms with Crippen molar-refractivity contribution < 1.29 is 24.6 Å². The van der Waals surface area contributed by atoms with E-state index in [1.165, 1.54) is 5.56 Å². The molecule has 4 N–H and O–H groups in total. The first-order valence-corrected chi connectivity index (χ1v) is 14.2. The highest BCUT2D eigenvalue weighted by Crippen LogP contribution is 2.25. The van der Waals surface area contributed by atoms with Gasteiger partial charge in [-0.15, -0.1) is 0 Å². The number of amides is 1. The summed E-state index contributed by atoms with van der Waals surface area (Å²) in [6.45, 7) is 7.24. The van der Waals surface area contributed by atoms with Crippen molar-refractivity contribution in [1.82, 2.24) is 24.8 Å². The van der Waals surface area contributed by atoms with Gasteiger partial charge >= 0.3 is 11.9 Å². The van der Waals surface area contributed by atoms with E-state index in [1.807, 2.05) is 67.6 Å². The lowest BCUT2D eigenvalue weighted by atomic mass is 10.1. The van der Waals surface area contributed by atoms with Gasteiger partial charge in [-0.3, -0.25) is 14.7 Å². The molecule has 0 aliphatic carbocycles. The summed E-state index contributed by atoms with van der Waals surface area (Å²) in [7, 11) is 2.16. The number of aliphatic carboxylic acids is 2. The average molecular weight is 610 g/mol. The van der Waals surface area contributed by atoms with Gasteiger partial charge in [0.1, 0.15) is 0 Å². The Balaban J connectivity index is 0.000000510. The summed E-state index contributed by atoms with van der Waals surface area (Å²) in [5, 5.41) is 21.9. The molecule has 2 aromatic carbocycles. The summed E-state index contributed by atoms with van der Waals surface area (Å²) in [6.07, 6.45) is 6.33. The van der Waals surface area contributed by atoms with Gasteiger partial charge in [0.15, 0.2) is 0 Å². The van der Waals surface area contributed by atoms with Crippen LogP contribution in [0.15, 0.2) is 91.4 Å². The monoisotopic (exact) mass is 609 g/mol. The second kappa shape index (κ2) is 15.8. The van der Waals surface area contributed by atoms with Crippen LogP contribution in [0.3, 0.4) is 0 Å². The Bertz CT molecular complexity index is 1620. The summed E-state index contributed by atoms with van der Waals surface area (Å²) in [4.78, 5) is 50.0. The number of nitrogens with one attached hydrogen (secondary N) is 2. The number of nitrogens with zero attached hydrogens (tertiary/aromatic N) is 5. The first-order valence-electron chi connectivity index (χ1n) is 14.2. The zero-order valence-corrected chi connectivity index (χ0v) is 25.1. The normalized spacial score (nSPS) is 13.5. The number of anilines is 3.